The normalized spacial score (nSPS) is 12.5. The van der Waals surface area contributed by atoms with Gasteiger partial charge in [0.25, 0.3) is 5.91 Å². The predicted molar refractivity (Wildman–Crippen MR) is 90.2 cm³/mol. The number of carbonyl (C=O) groups is 1. The zero-order valence-electron chi connectivity index (χ0n) is 14.3. The van der Waals surface area contributed by atoms with E-state index in [1.54, 1.807) is 31.4 Å². The van der Waals surface area contributed by atoms with Gasteiger partial charge in [-0.3, -0.25) is 4.79 Å². The minimum Gasteiger partial charge on any atom is -0.493 e. The summed E-state index contributed by atoms with van der Waals surface area (Å²) in [5, 5.41) is 12.0. The smallest absolute Gasteiger partial charge is 0.262 e. The molecule has 0 fully saturated rings. The zero-order valence-corrected chi connectivity index (χ0v) is 14.3. The third kappa shape index (κ3) is 5.67. The van der Waals surface area contributed by atoms with Crippen LogP contribution in [0, 0.1) is 11.3 Å². The number of hydrogen-bond acceptors (Lipinski definition) is 4. The Morgan fingerprint density at radius 3 is 2.57 bits per heavy atom. The minimum atomic E-state index is -0.372. The first kappa shape index (κ1) is 18.6. The number of methoxy groups -OCH3 is 1. The summed E-state index contributed by atoms with van der Waals surface area (Å²) in [5.41, 5.74) is 0.763. The third-order valence-electron chi connectivity index (χ3n) is 3.22. The third-order valence-corrected chi connectivity index (χ3v) is 3.22. The maximum atomic E-state index is 12.1. The molecule has 0 aliphatic heterocycles. The molecule has 5 heteroatoms. The van der Waals surface area contributed by atoms with Crippen LogP contribution in [-0.2, 0) is 4.79 Å². The van der Waals surface area contributed by atoms with Crippen LogP contribution in [-0.4, -0.2) is 25.2 Å². The van der Waals surface area contributed by atoms with Gasteiger partial charge in [-0.2, -0.15) is 5.26 Å². The number of hydrogen-bond donors (Lipinski definition) is 1. The first-order valence-corrected chi connectivity index (χ1v) is 7.68. The molecule has 1 aromatic rings. The van der Waals surface area contributed by atoms with Crippen molar-refractivity contribution in [2.24, 2.45) is 0 Å². The highest BCUT2D eigenvalue weighted by Crippen LogP contribution is 2.29. The molecular formula is C18H24N2O3. The molecular weight excluding hydrogens is 292 g/mol. The largest absolute Gasteiger partial charge is 0.493 e. The lowest BCUT2D eigenvalue weighted by Gasteiger charge is -2.14. The van der Waals surface area contributed by atoms with Crippen molar-refractivity contribution < 1.29 is 14.3 Å². The molecule has 0 aliphatic rings. The molecule has 0 aromatic heterocycles. The van der Waals surface area contributed by atoms with E-state index in [1.807, 2.05) is 33.8 Å². The minimum absolute atomic E-state index is 0.0237. The van der Waals surface area contributed by atoms with Gasteiger partial charge in [0, 0.05) is 6.04 Å². The van der Waals surface area contributed by atoms with Crippen molar-refractivity contribution in [1.82, 2.24) is 5.32 Å². The van der Waals surface area contributed by atoms with Gasteiger partial charge in [0.05, 0.1) is 13.2 Å². The number of nitrogens with zero attached hydrogens (tertiary/aromatic N) is 1. The second-order valence-corrected chi connectivity index (χ2v) is 5.53. The van der Waals surface area contributed by atoms with Gasteiger partial charge in [-0.15, -0.1) is 0 Å². The first-order valence-electron chi connectivity index (χ1n) is 7.68. The molecule has 1 rings (SSSR count). The lowest BCUT2D eigenvalue weighted by Crippen LogP contribution is -2.32. The molecule has 23 heavy (non-hydrogen) atoms. The van der Waals surface area contributed by atoms with Crippen LogP contribution in [0.1, 0.15) is 39.7 Å². The fraction of sp³-hybridized carbons (Fsp3) is 0.444. The van der Waals surface area contributed by atoms with E-state index in [2.05, 4.69) is 5.32 Å². The second-order valence-electron chi connectivity index (χ2n) is 5.53. The van der Waals surface area contributed by atoms with E-state index in [4.69, 9.17) is 9.47 Å². The molecule has 0 unspecified atom stereocenters. The highest BCUT2D eigenvalue weighted by atomic mass is 16.5. The summed E-state index contributed by atoms with van der Waals surface area (Å²) in [6, 6.07) is 7.26. The van der Waals surface area contributed by atoms with E-state index in [0.29, 0.717) is 17.1 Å². The first-order chi connectivity index (χ1) is 10.9. The van der Waals surface area contributed by atoms with E-state index >= 15 is 0 Å². The topological polar surface area (TPSA) is 71.4 Å². The summed E-state index contributed by atoms with van der Waals surface area (Å²) < 4.78 is 11.0. The highest BCUT2D eigenvalue weighted by molar-refractivity contribution is 6.01. The molecule has 0 saturated heterocycles. The van der Waals surface area contributed by atoms with Crippen LogP contribution in [0.2, 0.25) is 0 Å². The van der Waals surface area contributed by atoms with Crippen LogP contribution in [0.4, 0.5) is 0 Å². The molecule has 1 aromatic carbocycles. The average molecular weight is 316 g/mol. The van der Waals surface area contributed by atoms with Gasteiger partial charge in [-0.25, -0.2) is 0 Å². The highest BCUT2D eigenvalue weighted by Gasteiger charge is 2.12. The predicted octanol–water partition coefficient (Wildman–Crippen LogP) is 3.30. The summed E-state index contributed by atoms with van der Waals surface area (Å²) in [6.45, 7) is 7.73. The summed E-state index contributed by atoms with van der Waals surface area (Å²) in [6.07, 6.45) is 2.38. The molecule has 0 aliphatic carbocycles. The molecule has 0 saturated carbocycles. The number of ether oxygens (including phenoxy) is 2. The Balaban J connectivity index is 3.05. The fourth-order valence-corrected chi connectivity index (χ4v) is 1.84. The van der Waals surface area contributed by atoms with Crippen LogP contribution < -0.4 is 14.8 Å². The van der Waals surface area contributed by atoms with Crippen LogP contribution >= 0.6 is 0 Å². The maximum absolute atomic E-state index is 12.1. The molecule has 0 bridgehead atoms. The summed E-state index contributed by atoms with van der Waals surface area (Å²) in [7, 11) is 1.55. The number of amides is 1. The van der Waals surface area contributed by atoms with Gasteiger partial charge in [-0.1, -0.05) is 13.0 Å². The Bertz CT molecular complexity index is 615. The number of nitriles is 1. The van der Waals surface area contributed by atoms with E-state index in [-0.39, 0.29) is 23.6 Å². The Kier molecular flexibility index (Phi) is 7.14. The molecule has 0 radical (unpaired) electrons. The Morgan fingerprint density at radius 2 is 2.04 bits per heavy atom. The van der Waals surface area contributed by atoms with E-state index in [0.717, 1.165) is 6.42 Å². The van der Waals surface area contributed by atoms with Gasteiger partial charge >= 0.3 is 0 Å². The standard InChI is InChI=1S/C18H24N2O3/c1-6-13(4)20-18(21)15(11-19)9-14-7-8-16(23-12(2)3)17(10-14)22-5/h7-10,12-13H,6H2,1-5H3,(H,20,21)/b15-9+/t13-/m1/s1. The Hall–Kier alpha value is -2.48. The monoisotopic (exact) mass is 316 g/mol. The number of nitrogens with one attached hydrogen (secondary N) is 1. The Morgan fingerprint density at radius 1 is 1.35 bits per heavy atom. The molecule has 0 spiro atoms. The zero-order chi connectivity index (χ0) is 17.4. The molecule has 1 atom stereocenters. The molecule has 5 nitrogen and oxygen atoms in total. The summed E-state index contributed by atoms with van der Waals surface area (Å²) >= 11 is 0. The Labute approximate surface area is 137 Å². The van der Waals surface area contributed by atoms with Gasteiger partial charge in [0.2, 0.25) is 0 Å². The average Bonchev–Trinajstić information content (AvgIpc) is 2.52. The van der Waals surface area contributed by atoms with Gasteiger partial charge in [0.1, 0.15) is 11.6 Å². The lowest BCUT2D eigenvalue weighted by molar-refractivity contribution is -0.117. The summed E-state index contributed by atoms with van der Waals surface area (Å²) in [5.74, 6) is 0.817. The summed E-state index contributed by atoms with van der Waals surface area (Å²) in [4.78, 5) is 12.1. The number of benzene rings is 1. The van der Waals surface area contributed by atoms with Crippen molar-refractivity contribution in [3.05, 3.63) is 29.3 Å². The number of rotatable bonds is 7. The van der Waals surface area contributed by atoms with Gasteiger partial charge < -0.3 is 14.8 Å². The van der Waals surface area contributed by atoms with E-state index < -0.39 is 0 Å². The van der Waals surface area contributed by atoms with Crippen molar-refractivity contribution >= 4 is 12.0 Å². The fourth-order valence-electron chi connectivity index (χ4n) is 1.84. The number of carbonyl (C=O) groups excluding carboxylic acids is 1. The van der Waals surface area contributed by atoms with Crippen molar-refractivity contribution in [1.29, 1.82) is 5.26 Å². The van der Waals surface area contributed by atoms with E-state index in [1.165, 1.54) is 0 Å². The molecule has 1 N–H and O–H groups in total. The second kappa shape index (κ2) is 8.84. The quantitative estimate of drug-likeness (QED) is 0.619. The maximum Gasteiger partial charge on any atom is 0.262 e. The van der Waals surface area contributed by atoms with Crippen molar-refractivity contribution in [3.63, 3.8) is 0 Å². The van der Waals surface area contributed by atoms with Crippen molar-refractivity contribution in [2.45, 2.75) is 46.3 Å². The van der Waals surface area contributed by atoms with Crippen molar-refractivity contribution in [2.75, 3.05) is 7.11 Å². The lowest BCUT2D eigenvalue weighted by atomic mass is 10.1. The van der Waals surface area contributed by atoms with E-state index in [9.17, 15) is 10.1 Å². The molecule has 124 valence electrons. The molecule has 1 amide bonds. The SMILES string of the molecule is CC[C@@H](C)NC(=O)/C(C#N)=C/c1ccc(OC(C)C)c(OC)c1. The van der Waals surface area contributed by atoms with Crippen LogP contribution in [0.15, 0.2) is 23.8 Å². The van der Waals surface area contributed by atoms with Gasteiger partial charge in [-0.05, 0) is 51.0 Å². The van der Waals surface area contributed by atoms with Crippen molar-refractivity contribution in [3.8, 4) is 17.6 Å². The van der Waals surface area contributed by atoms with Crippen LogP contribution in [0.25, 0.3) is 6.08 Å². The van der Waals surface area contributed by atoms with Crippen LogP contribution in [0.3, 0.4) is 0 Å². The van der Waals surface area contributed by atoms with Crippen LogP contribution in [0.5, 0.6) is 11.5 Å². The molecule has 0 heterocycles. The van der Waals surface area contributed by atoms with Gasteiger partial charge in [0.15, 0.2) is 11.5 Å².